The fraction of sp³-hybridized carbons (Fsp3) is 0.556. The van der Waals surface area contributed by atoms with Gasteiger partial charge in [0.25, 0.3) is 0 Å². The zero-order chi connectivity index (χ0) is 13.2. The summed E-state index contributed by atoms with van der Waals surface area (Å²) in [6.07, 6.45) is 0. The van der Waals surface area contributed by atoms with Crippen LogP contribution in [0.5, 0.6) is 0 Å². The minimum absolute atomic E-state index is 0.182. The van der Waals surface area contributed by atoms with Gasteiger partial charge in [-0.25, -0.2) is 13.1 Å². The Hall–Kier alpha value is -0.990. The van der Waals surface area contributed by atoms with Gasteiger partial charge in [-0.3, -0.25) is 5.10 Å². The number of H-pyrrole nitrogens is 1. The van der Waals surface area contributed by atoms with E-state index in [4.69, 9.17) is 18.0 Å². The first-order valence-electron chi connectivity index (χ1n) is 5.06. The van der Waals surface area contributed by atoms with Gasteiger partial charge in [0.05, 0.1) is 16.4 Å². The first-order valence-corrected chi connectivity index (χ1v) is 6.95. The van der Waals surface area contributed by atoms with E-state index < -0.39 is 10.0 Å². The number of aromatic nitrogens is 2. The summed E-state index contributed by atoms with van der Waals surface area (Å²) in [7, 11) is -3.57. The molecule has 8 heteroatoms. The normalized spacial score (nSPS) is 13.6. The van der Waals surface area contributed by atoms with Crippen LogP contribution in [0.25, 0.3) is 0 Å². The van der Waals surface area contributed by atoms with Crippen LogP contribution in [-0.4, -0.2) is 30.1 Å². The first-order chi connectivity index (χ1) is 7.75. The number of nitrogens with two attached hydrogens (primary N) is 1. The lowest BCUT2D eigenvalue weighted by Crippen LogP contribution is -2.34. The summed E-state index contributed by atoms with van der Waals surface area (Å²) in [6.45, 7) is 5.24. The van der Waals surface area contributed by atoms with Gasteiger partial charge in [0.15, 0.2) is 0 Å². The predicted molar refractivity (Wildman–Crippen MR) is 69.2 cm³/mol. The second-order valence-corrected chi connectivity index (χ2v) is 6.09. The molecule has 0 saturated carbocycles. The Morgan fingerprint density at radius 1 is 1.59 bits per heavy atom. The van der Waals surface area contributed by atoms with Crippen molar-refractivity contribution in [3.05, 3.63) is 11.4 Å². The summed E-state index contributed by atoms with van der Waals surface area (Å²) in [6, 6.07) is 0. The topological polar surface area (TPSA) is 101 Å². The second-order valence-electron chi connectivity index (χ2n) is 3.92. The summed E-state index contributed by atoms with van der Waals surface area (Å²) in [4.78, 5) is 0.473. The zero-order valence-corrected chi connectivity index (χ0v) is 11.6. The van der Waals surface area contributed by atoms with Crippen molar-refractivity contribution in [2.24, 2.45) is 11.7 Å². The lowest BCUT2D eigenvalue weighted by atomic mass is 10.2. The van der Waals surface area contributed by atoms with Crippen molar-refractivity contribution >= 4 is 27.2 Å². The van der Waals surface area contributed by atoms with Crippen molar-refractivity contribution in [1.82, 2.24) is 14.9 Å². The van der Waals surface area contributed by atoms with Crippen molar-refractivity contribution in [2.75, 3.05) is 6.54 Å². The third-order valence-corrected chi connectivity index (χ3v) is 4.48. The number of sulfonamides is 1. The molecule has 0 aliphatic rings. The molecule has 0 spiro atoms. The molecular formula is C9H16N4O2S2. The molecule has 0 fully saturated rings. The Bertz CT molecular complexity index is 502. The van der Waals surface area contributed by atoms with E-state index in [1.54, 1.807) is 20.8 Å². The summed E-state index contributed by atoms with van der Waals surface area (Å²) < 4.78 is 26.5. The van der Waals surface area contributed by atoms with Crippen molar-refractivity contribution in [3.8, 4) is 0 Å². The van der Waals surface area contributed by atoms with Gasteiger partial charge in [0.1, 0.15) is 4.90 Å². The van der Waals surface area contributed by atoms with Crippen molar-refractivity contribution in [1.29, 1.82) is 0 Å². The summed E-state index contributed by atoms with van der Waals surface area (Å²) in [5.74, 6) is -0.188. The molecule has 4 N–H and O–H groups in total. The zero-order valence-electron chi connectivity index (χ0n) is 9.94. The highest BCUT2D eigenvalue weighted by Gasteiger charge is 2.22. The average molecular weight is 276 g/mol. The molecule has 1 unspecified atom stereocenters. The molecular weight excluding hydrogens is 260 g/mol. The standard InChI is InChI=1S/C9H16N4O2S2/c1-5(9(10)16)4-11-17(14,15)8-6(2)12-13-7(8)3/h5,11H,4H2,1-3H3,(H2,10,16)(H,12,13). The fourth-order valence-corrected chi connectivity index (χ4v) is 2.92. The molecule has 1 atom stereocenters. The fourth-order valence-electron chi connectivity index (χ4n) is 1.34. The maximum Gasteiger partial charge on any atom is 0.244 e. The molecule has 1 heterocycles. The second kappa shape index (κ2) is 5.11. The number of hydrogen-bond donors (Lipinski definition) is 3. The van der Waals surface area contributed by atoms with Gasteiger partial charge in [-0.2, -0.15) is 5.10 Å². The van der Waals surface area contributed by atoms with Gasteiger partial charge in [-0.1, -0.05) is 19.1 Å². The molecule has 0 amide bonds. The third-order valence-electron chi connectivity index (χ3n) is 2.39. The summed E-state index contributed by atoms with van der Waals surface area (Å²) in [5.41, 5.74) is 6.38. The van der Waals surface area contributed by atoms with E-state index in [1.807, 2.05) is 0 Å². The molecule has 96 valence electrons. The van der Waals surface area contributed by atoms with Gasteiger partial charge < -0.3 is 5.73 Å². The largest absolute Gasteiger partial charge is 0.393 e. The van der Waals surface area contributed by atoms with E-state index in [2.05, 4.69) is 14.9 Å². The monoisotopic (exact) mass is 276 g/mol. The van der Waals surface area contributed by atoms with E-state index in [1.165, 1.54) is 0 Å². The number of rotatable bonds is 5. The molecule has 1 aromatic heterocycles. The summed E-state index contributed by atoms with van der Waals surface area (Å²) >= 11 is 4.78. The Balaban J connectivity index is 2.87. The van der Waals surface area contributed by atoms with Crippen LogP contribution in [0.1, 0.15) is 18.3 Å². The van der Waals surface area contributed by atoms with Gasteiger partial charge in [-0.05, 0) is 13.8 Å². The van der Waals surface area contributed by atoms with Crippen LogP contribution in [-0.2, 0) is 10.0 Å². The number of nitrogens with zero attached hydrogens (tertiary/aromatic N) is 1. The number of hydrogen-bond acceptors (Lipinski definition) is 4. The molecule has 0 bridgehead atoms. The highest BCUT2D eigenvalue weighted by molar-refractivity contribution is 7.89. The Morgan fingerprint density at radius 3 is 2.59 bits per heavy atom. The molecule has 17 heavy (non-hydrogen) atoms. The predicted octanol–water partition coefficient (Wildman–Crippen LogP) is 0.227. The molecule has 6 nitrogen and oxygen atoms in total. The number of thiocarbonyl (C=S) groups is 1. The van der Waals surface area contributed by atoms with E-state index in [-0.39, 0.29) is 22.3 Å². The maximum absolute atomic E-state index is 12.0. The van der Waals surface area contributed by atoms with Crippen molar-refractivity contribution < 1.29 is 8.42 Å². The Kier molecular flexibility index (Phi) is 4.23. The number of aromatic amines is 1. The van der Waals surface area contributed by atoms with E-state index in [0.717, 1.165) is 0 Å². The lowest BCUT2D eigenvalue weighted by Gasteiger charge is -2.11. The highest BCUT2D eigenvalue weighted by Crippen LogP contribution is 2.16. The highest BCUT2D eigenvalue weighted by atomic mass is 32.2. The van der Waals surface area contributed by atoms with Gasteiger partial charge in [0.2, 0.25) is 10.0 Å². The third kappa shape index (κ3) is 3.24. The molecule has 0 saturated heterocycles. The van der Waals surface area contributed by atoms with E-state index >= 15 is 0 Å². The number of aryl methyl sites for hydroxylation is 2. The Morgan fingerprint density at radius 2 is 2.18 bits per heavy atom. The average Bonchev–Trinajstić information content (AvgIpc) is 2.55. The van der Waals surface area contributed by atoms with Gasteiger partial charge >= 0.3 is 0 Å². The van der Waals surface area contributed by atoms with Crippen molar-refractivity contribution in [3.63, 3.8) is 0 Å². The minimum Gasteiger partial charge on any atom is -0.393 e. The summed E-state index contributed by atoms with van der Waals surface area (Å²) in [5, 5.41) is 6.48. The van der Waals surface area contributed by atoms with E-state index in [0.29, 0.717) is 11.4 Å². The van der Waals surface area contributed by atoms with Crippen LogP contribution in [0.4, 0.5) is 0 Å². The van der Waals surface area contributed by atoms with Crippen LogP contribution < -0.4 is 10.5 Å². The SMILES string of the molecule is Cc1n[nH]c(C)c1S(=O)(=O)NCC(C)C(N)=S. The molecule has 0 radical (unpaired) electrons. The minimum atomic E-state index is -3.57. The van der Waals surface area contributed by atoms with E-state index in [9.17, 15) is 8.42 Å². The van der Waals surface area contributed by atoms with Crippen LogP contribution in [0, 0.1) is 19.8 Å². The maximum atomic E-state index is 12.0. The molecule has 1 aromatic rings. The first kappa shape index (κ1) is 14.1. The van der Waals surface area contributed by atoms with Crippen LogP contribution >= 0.6 is 12.2 Å². The molecule has 0 aliphatic carbocycles. The van der Waals surface area contributed by atoms with Gasteiger partial charge in [-0.15, -0.1) is 0 Å². The van der Waals surface area contributed by atoms with Crippen molar-refractivity contribution in [2.45, 2.75) is 25.7 Å². The molecule has 1 rings (SSSR count). The van der Waals surface area contributed by atoms with Crippen LogP contribution in [0.2, 0.25) is 0 Å². The molecule has 0 aliphatic heterocycles. The smallest absolute Gasteiger partial charge is 0.244 e. The quantitative estimate of drug-likeness (QED) is 0.668. The van der Waals surface area contributed by atoms with Gasteiger partial charge in [0, 0.05) is 12.5 Å². The lowest BCUT2D eigenvalue weighted by molar-refractivity contribution is 0.574. The molecule has 0 aromatic carbocycles. The Labute approximate surface area is 106 Å². The number of nitrogens with one attached hydrogen (secondary N) is 2. The van der Waals surface area contributed by atoms with Crippen LogP contribution in [0.3, 0.4) is 0 Å². The van der Waals surface area contributed by atoms with Crippen LogP contribution in [0.15, 0.2) is 4.90 Å².